The average Bonchev–Trinajstić information content (AvgIpc) is 3.07. The van der Waals surface area contributed by atoms with E-state index in [4.69, 9.17) is 4.74 Å². The number of aromatic nitrogens is 3. The van der Waals surface area contributed by atoms with Gasteiger partial charge in [-0.15, -0.1) is 0 Å². The Balaban J connectivity index is 1.64. The van der Waals surface area contributed by atoms with Gasteiger partial charge in [-0.25, -0.2) is 9.97 Å². The minimum absolute atomic E-state index is 0.0277. The Hall–Kier alpha value is -4.14. The lowest BCUT2D eigenvalue weighted by Crippen LogP contribution is -1.89. The number of aromatic hydroxyl groups is 2. The summed E-state index contributed by atoms with van der Waals surface area (Å²) in [6, 6.07) is 11.9. The molecule has 134 valence electrons. The Morgan fingerprint density at radius 3 is 2.59 bits per heavy atom. The van der Waals surface area contributed by atoms with Crippen molar-refractivity contribution in [3.8, 4) is 34.4 Å². The van der Waals surface area contributed by atoms with Crippen LogP contribution in [0.25, 0.3) is 22.6 Å². The lowest BCUT2D eigenvalue weighted by Gasteiger charge is -2.04. The molecule has 0 bridgehead atoms. The van der Waals surface area contributed by atoms with Crippen molar-refractivity contribution < 1.29 is 19.9 Å². The van der Waals surface area contributed by atoms with Gasteiger partial charge in [0.2, 0.25) is 0 Å². The summed E-state index contributed by atoms with van der Waals surface area (Å²) in [4.78, 5) is 21.7. The number of hydrogen-bond acceptors (Lipinski definition) is 7. The van der Waals surface area contributed by atoms with Crippen LogP contribution in [0.4, 0.5) is 5.69 Å². The van der Waals surface area contributed by atoms with Gasteiger partial charge in [-0.05, 0) is 24.3 Å². The summed E-state index contributed by atoms with van der Waals surface area (Å²) in [5.41, 5.74) is 1.28. The van der Waals surface area contributed by atoms with Crippen LogP contribution in [0.1, 0.15) is 0 Å². The number of para-hydroxylation sites is 1. The minimum Gasteiger partial charge on any atom is -0.504 e. The molecule has 4 aromatic rings. The fourth-order valence-corrected chi connectivity index (χ4v) is 2.56. The fourth-order valence-electron chi connectivity index (χ4n) is 2.56. The van der Waals surface area contributed by atoms with Crippen molar-refractivity contribution >= 4 is 16.9 Å². The predicted octanol–water partition coefficient (Wildman–Crippen LogP) is 3.74. The molecule has 9 nitrogen and oxygen atoms in total. The number of hydrogen-bond donors (Lipinski definition) is 3. The SMILES string of the molecule is O=[N+]([O-])c1ccc(Oc2cnc3nc(-c4cccc(O)c4O)[nH]c3c2)cc1. The summed E-state index contributed by atoms with van der Waals surface area (Å²) < 4.78 is 5.66. The van der Waals surface area contributed by atoms with E-state index in [0.29, 0.717) is 34.1 Å². The smallest absolute Gasteiger partial charge is 0.269 e. The van der Waals surface area contributed by atoms with Gasteiger partial charge in [-0.3, -0.25) is 10.1 Å². The monoisotopic (exact) mass is 364 g/mol. The summed E-state index contributed by atoms with van der Waals surface area (Å²) >= 11 is 0. The maximum Gasteiger partial charge on any atom is 0.269 e. The van der Waals surface area contributed by atoms with Crippen LogP contribution >= 0.6 is 0 Å². The van der Waals surface area contributed by atoms with Crippen LogP contribution in [-0.2, 0) is 0 Å². The highest BCUT2D eigenvalue weighted by Gasteiger charge is 2.13. The van der Waals surface area contributed by atoms with Crippen LogP contribution in [0.15, 0.2) is 54.7 Å². The van der Waals surface area contributed by atoms with Gasteiger partial charge in [0.15, 0.2) is 17.1 Å². The number of nitrogens with one attached hydrogen (secondary N) is 1. The molecule has 0 spiro atoms. The normalized spacial score (nSPS) is 10.8. The number of nitro benzene ring substituents is 1. The van der Waals surface area contributed by atoms with Crippen LogP contribution in [-0.4, -0.2) is 30.1 Å². The lowest BCUT2D eigenvalue weighted by atomic mass is 10.2. The summed E-state index contributed by atoms with van der Waals surface area (Å²) in [6.07, 6.45) is 1.47. The molecule has 0 atom stereocenters. The summed E-state index contributed by atoms with van der Waals surface area (Å²) in [5.74, 6) is 0.652. The van der Waals surface area contributed by atoms with Crippen molar-refractivity contribution in [3.63, 3.8) is 0 Å². The Bertz CT molecular complexity index is 1150. The zero-order valence-electron chi connectivity index (χ0n) is 13.7. The van der Waals surface area contributed by atoms with Gasteiger partial charge in [-0.2, -0.15) is 0 Å². The van der Waals surface area contributed by atoms with Gasteiger partial charge in [0.25, 0.3) is 5.69 Å². The second-order valence-electron chi connectivity index (χ2n) is 5.65. The molecule has 0 radical (unpaired) electrons. The maximum atomic E-state index is 10.7. The molecular weight excluding hydrogens is 352 g/mol. The predicted molar refractivity (Wildman–Crippen MR) is 95.8 cm³/mol. The summed E-state index contributed by atoms with van der Waals surface area (Å²) in [6.45, 7) is 0. The molecular formula is C18H12N4O5. The number of fused-ring (bicyclic) bond motifs is 1. The standard InChI is InChI=1S/C18H12N4O5/c23-15-3-1-2-13(16(15)24)17-20-14-8-12(9-19-18(14)21-17)27-11-6-4-10(5-7-11)22(25)26/h1-9,23-24H,(H,19,20,21). The van der Waals surface area contributed by atoms with Crippen molar-refractivity contribution in [1.29, 1.82) is 0 Å². The van der Waals surface area contributed by atoms with Crippen LogP contribution in [0.2, 0.25) is 0 Å². The molecule has 2 aromatic carbocycles. The van der Waals surface area contributed by atoms with Crippen molar-refractivity contribution in [2.75, 3.05) is 0 Å². The second kappa shape index (κ2) is 6.30. The number of aromatic amines is 1. The van der Waals surface area contributed by atoms with Gasteiger partial charge >= 0.3 is 0 Å². The molecule has 9 heteroatoms. The number of non-ortho nitro benzene ring substituents is 1. The molecule has 0 aliphatic carbocycles. The van der Waals surface area contributed by atoms with E-state index in [0.717, 1.165) is 0 Å². The van der Waals surface area contributed by atoms with Crippen LogP contribution in [0.5, 0.6) is 23.0 Å². The summed E-state index contributed by atoms with van der Waals surface area (Å²) in [7, 11) is 0. The molecule has 0 aliphatic rings. The third-order valence-corrected chi connectivity index (χ3v) is 3.87. The number of imidazole rings is 1. The number of phenolic OH excluding ortho intramolecular Hbond substituents is 2. The van der Waals surface area contributed by atoms with Crippen LogP contribution in [0.3, 0.4) is 0 Å². The maximum absolute atomic E-state index is 10.7. The van der Waals surface area contributed by atoms with Crippen molar-refractivity contribution in [2.24, 2.45) is 0 Å². The topological polar surface area (TPSA) is 134 Å². The van der Waals surface area contributed by atoms with E-state index in [-0.39, 0.29) is 17.2 Å². The first-order valence-electron chi connectivity index (χ1n) is 7.80. The number of pyridine rings is 1. The minimum atomic E-state index is -0.486. The number of benzene rings is 2. The van der Waals surface area contributed by atoms with Gasteiger partial charge < -0.3 is 19.9 Å². The second-order valence-corrected chi connectivity index (χ2v) is 5.65. The number of H-pyrrole nitrogens is 1. The molecule has 0 amide bonds. The number of phenols is 2. The molecule has 3 N–H and O–H groups in total. The average molecular weight is 364 g/mol. The Morgan fingerprint density at radius 1 is 1.07 bits per heavy atom. The lowest BCUT2D eigenvalue weighted by molar-refractivity contribution is -0.384. The molecule has 0 aliphatic heterocycles. The molecule has 0 fully saturated rings. The molecule has 0 unspecified atom stereocenters. The third-order valence-electron chi connectivity index (χ3n) is 3.87. The molecule has 2 aromatic heterocycles. The van der Waals surface area contributed by atoms with Crippen molar-refractivity contribution in [3.05, 3.63) is 64.8 Å². The van der Waals surface area contributed by atoms with Gasteiger partial charge in [0.05, 0.1) is 22.2 Å². The quantitative estimate of drug-likeness (QED) is 0.285. The number of nitro groups is 1. The van der Waals surface area contributed by atoms with E-state index in [9.17, 15) is 20.3 Å². The first-order chi connectivity index (χ1) is 13.0. The molecule has 4 rings (SSSR count). The summed E-state index contributed by atoms with van der Waals surface area (Å²) in [5, 5.41) is 30.3. The van der Waals surface area contributed by atoms with Crippen molar-refractivity contribution in [2.45, 2.75) is 0 Å². The molecule has 2 heterocycles. The van der Waals surface area contributed by atoms with Gasteiger partial charge in [0.1, 0.15) is 17.3 Å². The van der Waals surface area contributed by atoms with E-state index < -0.39 is 4.92 Å². The zero-order chi connectivity index (χ0) is 19.0. The third kappa shape index (κ3) is 3.09. The Labute approximate surface area is 151 Å². The van der Waals surface area contributed by atoms with Crippen LogP contribution < -0.4 is 4.74 Å². The fraction of sp³-hybridized carbons (Fsp3) is 0. The largest absolute Gasteiger partial charge is 0.504 e. The Morgan fingerprint density at radius 2 is 1.85 bits per heavy atom. The molecule has 0 saturated heterocycles. The highest BCUT2D eigenvalue weighted by atomic mass is 16.6. The number of nitrogens with zero attached hydrogens (tertiary/aromatic N) is 3. The van der Waals surface area contributed by atoms with Gasteiger partial charge in [-0.1, -0.05) is 6.07 Å². The van der Waals surface area contributed by atoms with Crippen molar-refractivity contribution in [1.82, 2.24) is 15.0 Å². The van der Waals surface area contributed by atoms with E-state index in [1.165, 1.54) is 36.5 Å². The van der Waals surface area contributed by atoms with Gasteiger partial charge in [0, 0.05) is 18.2 Å². The highest BCUT2D eigenvalue weighted by molar-refractivity contribution is 5.79. The zero-order valence-corrected chi connectivity index (χ0v) is 13.7. The first kappa shape index (κ1) is 16.3. The van der Waals surface area contributed by atoms with E-state index in [1.807, 2.05) is 0 Å². The Kier molecular flexibility index (Phi) is 3.81. The van der Waals surface area contributed by atoms with E-state index in [2.05, 4.69) is 15.0 Å². The number of rotatable bonds is 4. The first-order valence-corrected chi connectivity index (χ1v) is 7.80. The highest BCUT2D eigenvalue weighted by Crippen LogP contribution is 2.35. The number of ether oxygens (including phenoxy) is 1. The van der Waals surface area contributed by atoms with Crippen LogP contribution in [0, 0.1) is 10.1 Å². The van der Waals surface area contributed by atoms with E-state index >= 15 is 0 Å². The molecule has 27 heavy (non-hydrogen) atoms. The molecule has 0 saturated carbocycles. The van der Waals surface area contributed by atoms with E-state index in [1.54, 1.807) is 18.2 Å².